The Morgan fingerprint density at radius 3 is 2.69 bits per heavy atom. The maximum absolute atomic E-state index is 11.9. The molecular weight excluding hydrogens is 410 g/mol. The summed E-state index contributed by atoms with van der Waals surface area (Å²) in [6, 6.07) is 11.5. The zero-order valence-electron chi connectivity index (χ0n) is 18.4. The number of furan rings is 1. The number of carbonyl (C=O) groups excluding carboxylic acids is 1. The first-order chi connectivity index (χ1) is 15.2. The van der Waals surface area contributed by atoms with Crippen molar-refractivity contribution in [2.24, 2.45) is 0 Å². The molecule has 0 aliphatic rings. The van der Waals surface area contributed by atoms with Crippen molar-refractivity contribution in [1.29, 1.82) is 0 Å². The zero-order valence-corrected chi connectivity index (χ0v) is 18.4. The minimum Gasteiger partial charge on any atom is -0.460 e. The Kier molecular flexibility index (Phi) is 5.52. The fraction of sp³-hybridized carbons (Fsp3) is 0.318. The molecule has 3 aromatic heterocycles. The second-order valence-electron chi connectivity index (χ2n) is 8.44. The predicted molar refractivity (Wildman–Crippen MR) is 119 cm³/mol. The number of aromatic nitrogens is 5. The first-order valence-electron chi connectivity index (χ1n) is 10.2. The van der Waals surface area contributed by atoms with Crippen LogP contribution in [0, 0.1) is 6.92 Å². The number of hydrogen-bond acceptors (Lipinski definition) is 8. The molecule has 0 fully saturated rings. The molecule has 0 unspecified atom stereocenters. The van der Waals surface area contributed by atoms with Gasteiger partial charge in [0.15, 0.2) is 16.9 Å². The minimum absolute atomic E-state index is 0.111. The molecule has 0 atom stereocenters. The first-order valence-corrected chi connectivity index (χ1v) is 10.2. The molecule has 0 radical (unpaired) electrons. The summed E-state index contributed by atoms with van der Waals surface area (Å²) in [7, 11) is 0. The number of nitrogens with zero attached hydrogens (tertiary/aromatic N) is 5. The Hall–Kier alpha value is -3.95. The van der Waals surface area contributed by atoms with E-state index in [1.807, 2.05) is 64.1 Å². The van der Waals surface area contributed by atoms with Crippen LogP contribution in [0.25, 0.3) is 22.6 Å². The summed E-state index contributed by atoms with van der Waals surface area (Å²) >= 11 is 0. The number of nitrogens with two attached hydrogens (primary N) is 1. The number of nitrogen functional groups attached to an aromatic ring is 1. The summed E-state index contributed by atoms with van der Waals surface area (Å²) in [4.78, 5) is 20.5. The van der Waals surface area contributed by atoms with Gasteiger partial charge in [-0.2, -0.15) is 4.98 Å². The third-order valence-electron chi connectivity index (χ3n) is 4.51. The van der Waals surface area contributed by atoms with Crippen LogP contribution in [-0.2, 0) is 17.8 Å². The molecule has 0 aliphatic carbocycles. The van der Waals surface area contributed by atoms with Gasteiger partial charge in [0, 0.05) is 6.54 Å². The molecule has 0 spiro atoms. The van der Waals surface area contributed by atoms with Gasteiger partial charge in [0.05, 0.1) is 6.54 Å². The Bertz CT molecular complexity index is 1270. The van der Waals surface area contributed by atoms with Crippen molar-refractivity contribution in [3.05, 3.63) is 53.3 Å². The number of aryl methyl sites for hydroxylation is 1. The number of hydrogen-bond donors (Lipinski definition) is 2. The summed E-state index contributed by atoms with van der Waals surface area (Å²) in [6.45, 7) is 8.09. The quantitative estimate of drug-likeness (QED) is 0.487. The Balaban J connectivity index is 1.55. The smallest absolute Gasteiger partial charge is 0.407 e. The van der Waals surface area contributed by atoms with Crippen molar-refractivity contribution in [3.63, 3.8) is 0 Å². The van der Waals surface area contributed by atoms with E-state index in [1.165, 1.54) is 0 Å². The maximum Gasteiger partial charge on any atom is 0.407 e. The monoisotopic (exact) mass is 435 g/mol. The molecule has 0 bridgehead atoms. The lowest BCUT2D eigenvalue weighted by molar-refractivity contribution is 0.0523. The van der Waals surface area contributed by atoms with E-state index in [4.69, 9.17) is 14.9 Å². The molecule has 32 heavy (non-hydrogen) atoms. The lowest BCUT2D eigenvalue weighted by Crippen LogP contribution is -2.32. The average molecular weight is 435 g/mol. The van der Waals surface area contributed by atoms with Gasteiger partial charge in [-0.15, -0.1) is 5.10 Å². The van der Waals surface area contributed by atoms with Crippen LogP contribution in [0.5, 0.6) is 0 Å². The normalized spacial score (nSPS) is 11.6. The molecule has 166 valence electrons. The van der Waals surface area contributed by atoms with E-state index in [0.29, 0.717) is 35.7 Å². The molecule has 0 saturated carbocycles. The molecule has 3 heterocycles. The van der Waals surface area contributed by atoms with Crippen LogP contribution in [0.1, 0.15) is 37.7 Å². The summed E-state index contributed by atoms with van der Waals surface area (Å²) < 4.78 is 12.6. The number of alkyl carbamates (subject to hydrolysis) is 1. The van der Waals surface area contributed by atoms with E-state index < -0.39 is 11.7 Å². The summed E-state index contributed by atoms with van der Waals surface area (Å²) in [5, 5.41) is 11.3. The van der Waals surface area contributed by atoms with Crippen LogP contribution in [0.2, 0.25) is 0 Å². The van der Waals surface area contributed by atoms with Crippen LogP contribution in [0.3, 0.4) is 0 Å². The topological polar surface area (TPSA) is 134 Å². The number of anilines is 1. The van der Waals surface area contributed by atoms with Gasteiger partial charge in [-0.05, 0) is 51.0 Å². The highest BCUT2D eigenvalue weighted by molar-refractivity contribution is 5.86. The molecular formula is C22H25N7O3. The van der Waals surface area contributed by atoms with Crippen molar-refractivity contribution in [2.45, 2.75) is 46.4 Å². The molecule has 1 aromatic carbocycles. The summed E-state index contributed by atoms with van der Waals surface area (Å²) in [5.41, 5.74) is 8.82. The van der Waals surface area contributed by atoms with Crippen LogP contribution < -0.4 is 11.1 Å². The van der Waals surface area contributed by atoms with Gasteiger partial charge in [0.1, 0.15) is 17.1 Å². The standard InChI is InChI=1S/C22H25N7O3/c1-13-8-9-16(31-13)17-18-19(26-20(23)25-17)29(28-27-18)12-15-7-5-6-14(10-15)11-24-21(30)32-22(2,3)4/h5-10H,11-12H2,1-4H3,(H,24,30)(H2,23,25,26). The zero-order chi connectivity index (χ0) is 22.9. The lowest BCUT2D eigenvalue weighted by Gasteiger charge is -2.19. The third kappa shape index (κ3) is 4.85. The minimum atomic E-state index is -0.545. The molecule has 10 nitrogen and oxygen atoms in total. The van der Waals surface area contributed by atoms with Gasteiger partial charge < -0.3 is 20.2 Å². The second-order valence-corrected chi connectivity index (χ2v) is 8.44. The molecule has 0 aliphatic heterocycles. The SMILES string of the molecule is Cc1ccc(-c2nc(N)nc3c2nnn3Cc2cccc(CNC(=O)OC(C)(C)C)c2)o1. The van der Waals surface area contributed by atoms with Crippen LogP contribution in [0.15, 0.2) is 40.8 Å². The largest absolute Gasteiger partial charge is 0.460 e. The molecule has 3 N–H and O–H groups in total. The van der Waals surface area contributed by atoms with Gasteiger partial charge >= 0.3 is 6.09 Å². The Morgan fingerprint density at radius 1 is 1.19 bits per heavy atom. The van der Waals surface area contributed by atoms with E-state index in [1.54, 1.807) is 4.68 Å². The molecule has 0 saturated heterocycles. The Labute approximate surface area is 184 Å². The van der Waals surface area contributed by atoms with Gasteiger partial charge in [0.25, 0.3) is 0 Å². The maximum atomic E-state index is 11.9. The van der Waals surface area contributed by atoms with Gasteiger partial charge in [0.2, 0.25) is 5.95 Å². The van der Waals surface area contributed by atoms with Crippen molar-refractivity contribution in [2.75, 3.05) is 5.73 Å². The van der Waals surface area contributed by atoms with Crippen LogP contribution in [-0.4, -0.2) is 36.7 Å². The van der Waals surface area contributed by atoms with E-state index in [9.17, 15) is 4.79 Å². The fourth-order valence-corrected chi connectivity index (χ4v) is 3.21. The number of benzene rings is 1. The molecule has 4 rings (SSSR count). The Morgan fingerprint density at radius 2 is 1.97 bits per heavy atom. The number of amides is 1. The number of fused-ring (bicyclic) bond motifs is 1. The van der Waals surface area contributed by atoms with Gasteiger partial charge in [-0.25, -0.2) is 14.5 Å². The highest BCUT2D eigenvalue weighted by atomic mass is 16.6. The van der Waals surface area contributed by atoms with E-state index in [2.05, 4.69) is 25.6 Å². The highest BCUT2D eigenvalue weighted by Crippen LogP contribution is 2.27. The van der Waals surface area contributed by atoms with E-state index in [0.717, 1.165) is 16.9 Å². The average Bonchev–Trinajstić information content (AvgIpc) is 3.31. The van der Waals surface area contributed by atoms with Crippen molar-refractivity contribution < 1.29 is 13.9 Å². The van der Waals surface area contributed by atoms with Gasteiger partial charge in [-0.1, -0.05) is 29.5 Å². The van der Waals surface area contributed by atoms with Crippen LogP contribution >= 0.6 is 0 Å². The highest BCUT2D eigenvalue weighted by Gasteiger charge is 2.18. The number of rotatable bonds is 5. The van der Waals surface area contributed by atoms with Crippen molar-refractivity contribution in [1.82, 2.24) is 30.3 Å². The van der Waals surface area contributed by atoms with Crippen LogP contribution in [0.4, 0.5) is 10.7 Å². The van der Waals surface area contributed by atoms with E-state index >= 15 is 0 Å². The molecule has 1 amide bonds. The molecule has 10 heteroatoms. The number of carbonyl (C=O) groups is 1. The van der Waals surface area contributed by atoms with Crippen molar-refractivity contribution in [3.8, 4) is 11.5 Å². The summed E-state index contributed by atoms with van der Waals surface area (Å²) in [5.74, 6) is 1.43. The van der Waals surface area contributed by atoms with E-state index in [-0.39, 0.29) is 5.95 Å². The molecule has 4 aromatic rings. The second kappa shape index (κ2) is 8.29. The third-order valence-corrected chi connectivity index (χ3v) is 4.51. The first kappa shape index (κ1) is 21.3. The summed E-state index contributed by atoms with van der Waals surface area (Å²) in [6.07, 6.45) is -0.460. The number of nitrogens with one attached hydrogen (secondary N) is 1. The lowest BCUT2D eigenvalue weighted by atomic mass is 10.1. The predicted octanol–water partition coefficient (Wildman–Crippen LogP) is 3.44. The van der Waals surface area contributed by atoms with Gasteiger partial charge in [-0.3, -0.25) is 0 Å². The van der Waals surface area contributed by atoms with Crippen molar-refractivity contribution >= 4 is 23.2 Å². The fourth-order valence-electron chi connectivity index (χ4n) is 3.21. The number of ether oxygens (including phenoxy) is 1.